The van der Waals surface area contributed by atoms with Gasteiger partial charge in [0.05, 0.1) is 23.9 Å². The number of nitro groups is 1. The first-order valence-corrected chi connectivity index (χ1v) is 13.2. The van der Waals surface area contributed by atoms with Gasteiger partial charge in [-0.25, -0.2) is 0 Å². The number of carbonyl (C=O) groups excluding carboxylic acids is 1. The normalized spacial score (nSPS) is 34.1. The van der Waals surface area contributed by atoms with Gasteiger partial charge in [0.1, 0.15) is 12.4 Å². The van der Waals surface area contributed by atoms with Crippen LogP contribution in [0.2, 0.25) is 0 Å². The highest BCUT2D eigenvalue weighted by Gasteiger charge is 2.60. The summed E-state index contributed by atoms with van der Waals surface area (Å²) in [5.74, 6) is -2.34. The van der Waals surface area contributed by atoms with Gasteiger partial charge < -0.3 is 9.90 Å². The van der Waals surface area contributed by atoms with Crippen molar-refractivity contribution in [3.05, 3.63) is 54.9 Å². The highest BCUT2D eigenvalue weighted by atomic mass is 32.1. The summed E-state index contributed by atoms with van der Waals surface area (Å²) in [6.45, 7) is 8.39. The Bertz CT molecular complexity index is 944. The van der Waals surface area contributed by atoms with Crippen LogP contribution in [-0.2, 0) is 9.63 Å². The fraction of sp³-hybridized carbons (Fsp3) is 0.625. The molecule has 0 unspecified atom stereocenters. The number of carbonyl (C=O) groups is 1. The third-order valence-electron chi connectivity index (χ3n) is 7.28. The van der Waals surface area contributed by atoms with Crippen molar-refractivity contribution in [1.29, 1.82) is 0 Å². The maximum atomic E-state index is 12.6. The summed E-state index contributed by atoms with van der Waals surface area (Å²) < 4.78 is 0. The number of aliphatic hydroxyl groups is 1. The fourth-order valence-corrected chi connectivity index (χ4v) is 7.70. The van der Waals surface area contributed by atoms with Gasteiger partial charge in [-0.1, -0.05) is 12.1 Å². The van der Waals surface area contributed by atoms with Gasteiger partial charge in [-0.05, 0) is 69.9 Å². The second-order valence-electron chi connectivity index (χ2n) is 10.4. The van der Waals surface area contributed by atoms with Crippen LogP contribution >= 0.6 is 22.7 Å². The van der Waals surface area contributed by atoms with Crippen LogP contribution in [0.15, 0.2) is 35.0 Å². The third kappa shape index (κ3) is 4.41. The first-order valence-electron chi connectivity index (χ1n) is 11.4. The number of piperidine rings is 1. The van der Waals surface area contributed by atoms with Gasteiger partial charge in [-0.3, -0.25) is 15.0 Å². The molecule has 0 radical (unpaired) electrons. The van der Waals surface area contributed by atoms with Crippen molar-refractivity contribution in [3.8, 4) is 0 Å². The molecule has 1 saturated heterocycles. The van der Waals surface area contributed by atoms with E-state index in [4.69, 9.17) is 4.84 Å². The molecule has 2 aromatic rings. The van der Waals surface area contributed by atoms with Gasteiger partial charge in [-0.15, -0.1) is 22.7 Å². The number of nitrogens with zero attached hydrogens (tertiary/aromatic N) is 2. The molecule has 9 heteroatoms. The second kappa shape index (κ2) is 9.19. The summed E-state index contributed by atoms with van der Waals surface area (Å²) in [4.78, 5) is 32.7. The maximum absolute atomic E-state index is 12.6. The van der Waals surface area contributed by atoms with Crippen LogP contribution < -0.4 is 0 Å². The number of aliphatic hydroxyl groups excluding tert-OH is 1. The van der Waals surface area contributed by atoms with Gasteiger partial charge in [0.2, 0.25) is 6.04 Å². The summed E-state index contributed by atoms with van der Waals surface area (Å²) in [6, 6.07) is 6.28. The minimum Gasteiger partial charge on any atom is -0.390 e. The van der Waals surface area contributed by atoms with Gasteiger partial charge in [0, 0.05) is 25.8 Å². The quantitative estimate of drug-likeness (QED) is 0.352. The molecule has 2 aromatic heterocycles. The molecule has 2 fully saturated rings. The van der Waals surface area contributed by atoms with E-state index in [2.05, 4.69) is 27.7 Å². The Morgan fingerprint density at radius 3 is 2.09 bits per heavy atom. The van der Waals surface area contributed by atoms with E-state index in [1.165, 1.54) is 22.7 Å². The predicted molar refractivity (Wildman–Crippen MR) is 129 cm³/mol. The zero-order valence-electron chi connectivity index (χ0n) is 19.4. The lowest BCUT2D eigenvalue weighted by Gasteiger charge is -2.54. The molecule has 2 aliphatic rings. The number of hydrogen-bond donors (Lipinski definition) is 1. The van der Waals surface area contributed by atoms with Crippen molar-refractivity contribution >= 4 is 29.0 Å². The number of hydroxylamine groups is 2. The lowest BCUT2D eigenvalue weighted by Crippen LogP contribution is -2.64. The van der Waals surface area contributed by atoms with E-state index in [0.29, 0.717) is 6.29 Å². The molecule has 180 valence electrons. The minimum atomic E-state index is -1.17. The van der Waals surface area contributed by atoms with Crippen molar-refractivity contribution in [2.24, 2.45) is 5.92 Å². The van der Waals surface area contributed by atoms with Gasteiger partial charge in [-0.2, -0.15) is 5.06 Å². The first-order chi connectivity index (χ1) is 15.6. The van der Waals surface area contributed by atoms with Crippen LogP contribution in [0.4, 0.5) is 0 Å². The number of thiophene rings is 2. The third-order valence-corrected chi connectivity index (χ3v) is 9.23. The van der Waals surface area contributed by atoms with E-state index in [1.54, 1.807) is 0 Å². The highest BCUT2D eigenvalue weighted by Crippen LogP contribution is 2.50. The molecule has 3 heterocycles. The average molecular weight is 493 g/mol. The summed E-state index contributed by atoms with van der Waals surface area (Å²) in [6.07, 6.45) is 1.47. The maximum Gasteiger partial charge on any atom is 0.231 e. The molecular weight excluding hydrogens is 460 g/mol. The Balaban J connectivity index is 1.83. The average Bonchev–Trinajstić information content (AvgIpc) is 3.44. The molecule has 0 aromatic carbocycles. The Labute approximate surface area is 202 Å². The molecule has 1 aliphatic heterocycles. The second-order valence-corrected chi connectivity index (χ2v) is 12.4. The van der Waals surface area contributed by atoms with E-state index >= 15 is 0 Å². The Kier molecular flexibility index (Phi) is 6.81. The van der Waals surface area contributed by atoms with Crippen molar-refractivity contribution in [2.45, 2.75) is 88.1 Å². The molecule has 7 nitrogen and oxygen atoms in total. The minimum absolute atomic E-state index is 0.278. The zero-order chi connectivity index (χ0) is 24.0. The lowest BCUT2D eigenvalue weighted by molar-refractivity contribution is -0.541. The number of rotatable bonds is 6. The largest absolute Gasteiger partial charge is 0.390 e. The molecule has 1 N–H and O–H groups in total. The first kappa shape index (κ1) is 24.5. The van der Waals surface area contributed by atoms with Crippen LogP contribution in [0, 0.1) is 16.0 Å². The van der Waals surface area contributed by atoms with Crippen LogP contribution in [0.5, 0.6) is 0 Å². The van der Waals surface area contributed by atoms with E-state index in [9.17, 15) is 20.0 Å². The summed E-state index contributed by atoms with van der Waals surface area (Å²) >= 11 is 2.81. The van der Waals surface area contributed by atoms with Crippen LogP contribution in [0.1, 0.15) is 68.5 Å². The van der Waals surface area contributed by atoms with E-state index in [-0.39, 0.29) is 16.0 Å². The Hall–Kier alpha value is -1.65. The number of hydrogen-bond acceptors (Lipinski definition) is 8. The Morgan fingerprint density at radius 1 is 1.09 bits per heavy atom. The summed E-state index contributed by atoms with van der Waals surface area (Å²) in [7, 11) is 0. The molecule has 6 atom stereocenters. The van der Waals surface area contributed by atoms with Crippen molar-refractivity contribution in [1.82, 2.24) is 5.06 Å². The summed E-state index contributed by atoms with van der Waals surface area (Å²) in [5.41, 5.74) is -0.625. The van der Waals surface area contributed by atoms with Gasteiger partial charge >= 0.3 is 0 Å². The Morgan fingerprint density at radius 2 is 1.64 bits per heavy atom. The van der Waals surface area contributed by atoms with Crippen molar-refractivity contribution in [2.75, 3.05) is 0 Å². The van der Waals surface area contributed by atoms with Crippen molar-refractivity contribution in [3.63, 3.8) is 0 Å². The fourth-order valence-electron chi connectivity index (χ4n) is 5.88. The topological polar surface area (TPSA) is 92.9 Å². The van der Waals surface area contributed by atoms with Crippen LogP contribution in [0.3, 0.4) is 0 Å². The van der Waals surface area contributed by atoms with E-state index in [0.717, 1.165) is 29.0 Å². The number of aldehydes is 1. The van der Waals surface area contributed by atoms with E-state index in [1.807, 2.05) is 40.1 Å². The molecule has 4 rings (SSSR count). The molecular formula is C24H32N2O5S2. The lowest BCUT2D eigenvalue weighted by atomic mass is 9.66. The van der Waals surface area contributed by atoms with Gasteiger partial charge in [0.25, 0.3) is 0 Å². The highest BCUT2D eigenvalue weighted by molar-refractivity contribution is 7.10. The standard InChI is InChI=1S/C24H32N2O5S2/c1-23(2)10-7-11-24(3,4)26(23)31-22-19(17-9-6-13-33-17)20(25(29)30)18(15(14-27)21(22)28)16-8-5-12-32-16/h5-6,8-9,12-15,18-22,28H,7,10-11H2,1-4H3/t15-,18+,19+,20+,21+,22+/m1/s1. The van der Waals surface area contributed by atoms with E-state index < -0.39 is 36.0 Å². The molecule has 1 saturated carbocycles. The van der Waals surface area contributed by atoms with Gasteiger partial charge in [0.15, 0.2) is 0 Å². The zero-order valence-corrected chi connectivity index (χ0v) is 21.1. The predicted octanol–water partition coefficient (Wildman–Crippen LogP) is 4.86. The van der Waals surface area contributed by atoms with Crippen LogP contribution in [0.25, 0.3) is 0 Å². The molecule has 1 aliphatic carbocycles. The molecule has 0 spiro atoms. The smallest absolute Gasteiger partial charge is 0.231 e. The SMILES string of the molecule is CC1(C)CCCC(C)(C)N1O[C@@H]1[C@@H](O)[C@H](C=O)[C@@H](c2cccs2)[C@H]([N+](=O)[O-])[C@@H]1c1cccs1. The van der Waals surface area contributed by atoms with Crippen molar-refractivity contribution < 1.29 is 19.7 Å². The molecule has 0 amide bonds. The monoisotopic (exact) mass is 492 g/mol. The summed E-state index contributed by atoms with van der Waals surface area (Å²) in [5, 5.41) is 29.8. The molecule has 33 heavy (non-hydrogen) atoms. The van der Waals surface area contributed by atoms with Crippen LogP contribution in [-0.4, -0.2) is 50.7 Å². The molecule has 0 bridgehead atoms.